The van der Waals surface area contributed by atoms with Crippen molar-refractivity contribution in [3.8, 4) is 5.75 Å². The summed E-state index contributed by atoms with van der Waals surface area (Å²) >= 11 is 0. The van der Waals surface area contributed by atoms with Gasteiger partial charge in [-0.1, -0.05) is 6.92 Å². The smallest absolute Gasteiger partial charge is 0.265 e. The first-order chi connectivity index (χ1) is 13.2. The normalized spacial score (nSPS) is 16.1. The van der Waals surface area contributed by atoms with Crippen molar-refractivity contribution < 1.29 is 22.7 Å². The first-order valence-electron chi connectivity index (χ1n) is 8.86. The minimum atomic E-state index is -4.07. The van der Waals surface area contributed by atoms with Crippen molar-refractivity contribution in [2.45, 2.75) is 44.1 Å². The molecule has 1 unspecified atom stereocenters. The average Bonchev–Trinajstić information content (AvgIpc) is 2.95. The lowest BCUT2D eigenvalue weighted by molar-refractivity contribution is -0.123. The number of amides is 2. The third-order valence-corrected chi connectivity index (χ3v) is 5.81. The fourth-order valence-electron chi connectivity index (χ4n) is 2.97. The van der Waals surface area contributed by atoms with Gasteiger partial charge in [-0.15, -0.1) is 0 Å². The molecule has 1 aromatic heterocycles. The second-order valence-corrected chi connectivity index (χ2v) is 8.29. The van der Waals surface area contributed by atoms with Gasteiger partial charge in [-0.3, -0.25) is 14.3 Å². The third-order valence-electron chi connectivity index (χ3n) is 4.44. The highest BCUT2D eigenvalue weighted by atomic mass is 32.2. The van der Waals surface area contributed by atoms with Crippen molar-refractivity contribution >= 4 is 27.5 Å². The quantitative estimate of drug-likeness (QED) is 0.746. The lowest BCUT2D eigenvalue weighted by atomic mass is 10.1. The van der Waals surface area contributed by atoms with Gasteiger partial charge in [0.2, 0.25) is 5.91 Å². The largest absolute Gasteiger partial charge is 0.478 e. The van der Waals surface area contributed by atoms with Crippen LogP contribution < -0.4 is 14.8 Å². The summed E-state index contributed by atoms with van der Waals surface area (Å²) in [6, 6.07) is 4.08. The number of sulfonamides is 1. The molecule has 0 fully saturated rings. The predicted molar refractivity (Wildman–Crippen MR) is 101 cm³/mol. The summed E-state index contributed by atoms with van der Waals surface area (Å²) in [6.45, 7) is 3.65. The van der Waals surface area contributed by atoms with Crippen molar-refractivity contribution in [1.82, 2.24) is 14.5 Å². The summed E-state index contributed by atoms with van der Waals surface area (Å²) in [4.78, 5) is 23.9. The molecule has 0 aliphatic carbocycles. The summed E-state index contributed by atoms with van der Waals surface area (Å²) in [7, 11) is -2.29. The second kappa shape index (κ2) is 7.63. The molecule has 150 valence electrons. The van der Waals surface area contributed by atoms with E-state index in [4.69, 9.17) is 4.74 Å². The molecular formula is C18H22N4O5S. The Morgan fingerprint density at radius 3 is 2.79 bits per heavy atom. The van der Waals surface area contributed by atoms with Gasteiger partial charge >= 0.3 is 0 Å². The highest BCUT2D eigenvalue weighted by Crippen LogP contribution is 2.32. The summed E-state index contributed by atoms with van der Waals surface area (Å²) < 4.78 is 34.3. The fourth-order valence-corrected chi connectivity index (χ4v) is 4.01. The second-order valence-electron chi connectivity index (χ2n) is 6.60. The molecule has 3 rings (SSSR count). The summed E-state index contributed by atoms with van der Waals surface area (Å²) in [5.41, 5.74) is 1.94. The predicted octanol–water partition coefficient (Wildman–Crippen LogP) is 1.28. The van der Waals surface area contributed by atoms with Gasteiger partial charge in [-0.25, -0.2) is 13.1 Å². The highest BCUT2D eigenvalue weighted by molar-refractivity contribution is 7.90. The number of anilines is 1. The number of aromatic nitrogens is 2. The molecule has 1 atom stereocenters. The number of rotatable bonds is 6. The van der Waals surface area contributed by atoms with Crippen LogP contribution in [0, 0.1) is 6.92 Å². The number of benzene rings is 1. The van der Waals surface area contributed by atoms with Gasteiger partial charge in [0.05, 0.1) is 16.3 Å². The molecule has 1 aromatic carbocycles. The van der Waals surface area contributed by atoms with Crippen LogP contribution in [0.2, 0.25) is 0 Å². The van der Waals surface area contributed by atoms with Crippen LogP contribution in [0.4, 0.5) is 5.69 Å². The average molecular weight is 406 g/mol. The van der Waals surface area contributed by atoms with Crippen LogP contribution in [0.15, 0.2) is 29.3 Å². The summed E-state index contributed by atoms with van der Waals surface area (Å²) in [5, 5.41) is 6.82. The number of aryl methyl sites for hydroxylation is 3. The van der Waals surface area contributed by atoms with E-state index in [-0.39, 0.29) is 22.9 Å². The Morgan fingerprint density at radius 2 is 2.14 bits per heavy atom. The topological polar surface area (TPSA) is 119 Å². The molecule has 0 saturated carbocycles. The zero-order valence-corrected chi connectivity index (χ0v) is 16.7. The third kappa shape index (κ3) is 4.16. The maximum atomic E-state index is 12.5. The molecule has 0 bridgehead atoms. The lowest BCUT2D eigenvalue weighted by Gasteiger charge is -2.25. The van der Waals surface area contributed by atoms with Crippen molar-refractivity contribution in [2.24, 2.45) is 7.05 Å². The molecule has 10 heteroatoms. The Labute approximate surface area is 163 Å². The number of hydrogen-bond donors (Lipinski definition) is 2. The van der Waals surface area contributed by atoms with E-state index in [0.29, 0.717) is 18.6 Å². The number of nitrogens with zero attached hydrogens (tertiary/aromatic N) is 2. The molecule has 1 aliphatic heterocycles. The fraction of sp³-hybridized carbons (Fsp3) is 0.389. The van der Waals surface area contributed by atoms with E-state index in [9.17, 15) is 18.0 Å². The van der Waals surface area contributed by atoms with E-state index in [2.05, 4.69) is 15.1 Å². The van der Waals surface area contributed by atoms with Crippen LogP contribution in [0.25, 0.3) is 0 Å². The molecule has 9 nitrogen and oxygen atoms in total. The minimum Gasteiger partial charge on any atom is -0.478 e. The summed E-state index contributed by atoms with van der Waals surface area (Å²) in [5.74, 6) is -0.559. The van der Waals surface area contributed by atoms with Crippen LogP contribution in [-0.2, 0) is 33.1 Å². The van der Waals surface area contributed by atoms with E-state index < -0.39 is 22.0 Å². The monoisotopic (exact) mass is 406 g/mol. The van der Waals surface area contributed by atoms with E-state index in [1.54, 1.807) is 17.9 Å². The maximum Gasteiger partial charge on any atom is 0.265 e. The van der Waals surface area contributed by atoms with Gasteiger partial charge in [0.15, 0.2) is 6.10 Å². The number of fused-ring (bicyclic) bond motifs is 1. The van der Waals surface area contributed by atoms with Crippen LogP contribution in [0.3, 0.4) is 0 Å². The number of ether oxygens (including phenoxy) is 1. The van der Waals surface area contributed by atoms with Gasteiger partial charge in [0.25, 0.3) is 15.9 Å². The minimum absolute atomic E-state index is 0.00866. The number of hydrogen-bond acceptors (Lipinski definition) is 6. The van der Waals surface area contributed by atoms with Gasteiger partial charge in [-0.2, -0.15) is 5.10 Å². The zero-order valence-electron chi connectivity index (χ0n) is 15.9. The molecule has 1 aliphatic rings. The van der Waals surface area contributed by atoms with Crippen molar-refractivity contribution in [3.63, 3.8) is 0 Å². The molecule has 0 saturated heterocycles. The van der Waals surface area contributed by atoms with Gasteiger partial charge in [0.1, 0.15) is 5.75 Å². The van der Waals surface area contributed by atoms with Crippen LogP contribution >= 0.6 is 0 Å². The van der Waals surface area contributed by atoms with Crippen molar-refractivity contribution in [2.75, 3.05) is 5.32 Å². The van der Waals surface area contributed by atoms with Crippen molar-refractivity contribution in [1.29, 1.82) is 0 Å². The van der Waals surface area contributed by atoms with Crippen molar-refractivity contribution in [3.05, 3.63) is 35.7 Å². The number of nitrogens with one attached hydrogen (secondary N) is 2. The Morgan fingerprint density at radius 1 is 1.39 bits per heavy atom. The Hall–Kier alpha value is -2.88. The van der Waals surface area contributed by atoms with Crippen LogP contribution in [0.5, 0.6) is 5.75 Å². The Bertz CT molecular complexity index is 1030. The molecule has 2 aromatic rings. The summed E-state index contributed by atoms with van der Waals surface area (Å²) in [6.07, 6.45) is 2.08. The highest BCUT2D eigenvalue weighted by Gasteiger charge is 2.28. The van der Waals surface area contributed by atoms with Crippen LogP contribution in [-0.4, -0.2) is 36.1 Å². The molecule has 2 heterocycles. The maximum absolute atomic E-state index is 12.5. The van der Waals surface area contributed by atoms with E-state index in [0.717, 1.165) is 11.3 Å². The lowest BCUT2D eigenvalue weighted by Crippen LogP contribution is -2.36. The Kier molecular flexibility index (Phi) is 5.41. The van der Waals surface area contributed by atoms with Gasteiger partial charge in [-0.05, 0) is 43.5 Å². The number of carbonyl (C=O) groups excluding carboxylic acids is 2. The van der Waals surface area contributed by atoms with Gasteiger partial charge in [0, 0.05) is 19.7 Å². The number of carbonyl (C=O) groups is 2. The van der Waals surface area contributed by atoms with Crippen LogP contribution in [0.1, 0.15) is 31.0 Å². The molecule has 2 N–H and O–H groups in total. The van der Waals surface area contributed by atoms with E-state index in [1.807, 2.05) is 13.8 Å². The van der Waals surface area contributed by atoms with E-state index in [1.165, 1.54) is 18.2 Å². The zero-order chi connectivity index (χ0) is 20.5. The molecule has 28 heavy (non-hydrogen) atoms. The molecule has 0 spiro atoms. The standard InChI is InChI=1S/C18H22N4O5S/c1-4-15-18(24)19-14-9-13(6-7-16(14)27-15)28(25,26)21-17(23)8-5-12-10-22(3)20-11(12)2/h6-7,9-10,15H,4-5,8H2,1-3H3,(H,19,24)(H,21,23). The molecule has 0 radical (unpaired) electrons. The molecular weight excluding hydrogens is 384 g/mol. The first-order valence-corrected chi connectivity index (χ1v) is 10.3. The van der Waals surface area contributed by atoms with Gasteiger partial charge < -0.3 is 10.1 Å². The Balaban J connectivity index is 1.69. The first kappa shape index (κ1) is 19.9. The van der Waals surface area contributed by atoms with E-state index >= 15 is 0 Å². The molecule has 2 amide bonds. The SMILES string of the molecule is CCC1Oc2ccc(S(=O)(=O)NC(=O)CCc3cn(C)nc3C)cc2NC1=O.